The zero-order valence-corrected chi connectivity index (χ0v) is 15.8. The minimum absolute atomic E-state index is 0.486. The van der Waals surface area contributed by atoms with Crippen LogP contribution in [-0.2, 0) is 0 Å². The standard InChI is InChI=1S/C20H19IS/c1-15-3-9-18(10-4-15)22(19-11-5-16(2)6-12-19)20-13-7-17(21)8-14-20/h3-14,22H,1-2H3. The number of hydrogen-bond acceptors (Lipinski definition) is 0. The van der Waals surface area contributed by atoms with Gasteiger partial charge in [0.1, 0.15) is 0 Å². The van der Waals surface area contributed by atoms with Gasteiger partial charge in [0.2, 0.25) is 0 Å². The molecule has 0 nitrogen and oxygen atoms in total. The highest BCUT2D eigenvalue weighted by molar-refractivity contribution is 14.1. The predicted molar refractivity (Wildman–Crippen MR) is 105 cm³/mol. The number of halogens is 1. The third kappa shape index (κ3) is 3.55. The van der Waals surface area contributed by atoms with E-state index < -0.39 is 10.9 Å². The molecule has 0 unspecified atom stereocenters. The Morgan fingerprint density at radius 3 is 1.23 bits per heavy atom. The Labute approximate surface area is 149 Å². The van der Waals surface area contributed by atoms with Gasteiger partial charge in [0.15, 0.2) is 0 Å². The highest BCUT2D eigenvalue weighted by Crippen LogP contribution is 2.51. The third-order valence-electron chi connectivity index (χ3n) is 3.67. The average Bonchev–Trinajstić information content (AvgIpc) is 2.53. The van der Waals surface area contributed by atoms with Gasteiger partial charge in [-0.15, -0.1) is 0 Å². The van der Waals surface area contributed by atoms with Crippen molar-refractivity contribution in [1.82, 2.24) is 0 Å². The first-order valence-corrected chi connectivity index (χ1v) is 9.74. The summed E-state index contributed by atoms with van der Waals surface area (Å²) >= 11 is 2.37. The quantitative estimate of drug-likeness (QED) is 0.370. The van der Waals surface area contributed by atoms with Gasteiger partial charge in [0, 0.05) is 3.57 Å². The SMILES string of the molecule is Cc1ccc([SH](c2ccc(C)cc2)c2ccc(I)cc2)cc1. The molecular formula is C20H19IS. The van der Waals surface area contributed by atoms with Gasteiger partial charge in [0.25, 0.3) is 0 Å². The molecule has 0 atom stereocenters. The molecule has 0 amide bonds. The molecule has 0 heterocycles. The van der Waals surface area contributed by atoms with E-state index in [2.05, 4.69) is 109 Å². The third-order valence-corrected chi connectivity index (χ3v) is 6.83. The van der Waals surface area contributed by atoms with E-state index in [4.69, 9.17) is 0 Å². The summed E-state index contributed by atoms with van der Waals surface area (Å²) in [4.78, 5) is 4.22. The number of hydrogen-bond donors (Lipinski definition) is 1. The summed E-state index contributed by atoms with van der Waals surface area (Å²) in [6, 6.07) is 26.9. The van der Waals surface area contributed by atoms with E-state index in [0.717, 1.165) is 0 Å². The van der Waals surface area contributed by atoms with Crippen molar-refractivity contribution in [2.75, 3.05) is 0 Å². The van der Waals surface area contributed by atoms with Gasteiger partial charge in [-0.1, -0.05) is 35.4 Å². The normalized spacial score (nSPS) is 11.3. The van der Waals surface area contributed by atoms with Crippen LogP contribution in [0.15, 0.2) is 87.5 Å². The molecule has 0 bridgehead atoms. The smallest absolute Gasteiger partial charge is 0.0131 e. The van der Waals surface area contributed by atoms with Crippen molar-refractivity contribution in [3.63, 3.8) is 0 Å². The fourth-order valence-electron chi connectivity index (χ4n) is 2.43. The second-order valence-electron chi connectivity index (χ2n) is 5.48. The molecule has 0 radical (unpaired) electrons. The molecule has 0 N–H and O–H groups in total. The molecule has 0 aliphatic rings. The lowest BCUT2D eigenvalue weighted by Gasteiger charge is -2.23. The topological polar surface area (TPSA) is 0 Å². The summed E-state index contributed by atoms with van der Waals surface area (Å²) in [6.07, 6.45) is 0. The second-order valence-corrected chi connectivity index (χ2v) is 8.95. The van der Waals surface area contributed by atoms with E-state index >= 15 is 0 Å². The van der Waals surface area contributed by atoms with Crippen LogP contribution < -0.4 is 0 Å². The Balaban J connectivity index is 2.10. The van der Waals surface area contributed by atoms with Gasteiger partial charge in [0.05, 0.1) is 0 Å². The first-order valence-electron chi connectivity index (χ1n) is 7.32. The second kappa shape index (κ2) is 6.88. The lowest BCUT2D eigenvalue weighted by Crippen LogP contribution is -1.89. The van der Waals surface area contributed by atoms with Crippen LogP contribution in [0.1, 0.15) is 11.1 Å². The maximum absolute atomic E-state index is 2.37. The summed E-state index contributed by atoms with van der Waals surface area (Å²) < 4.78 is 1.28. The minimum Gasteiger partial charge on any atom is -0.173 e. The molecule has 112 valence electrons. The molecule has 2 heteroatoms. The van der Waals surface area contributed by atoms with Gasteiger partial charge in [-0.25, -0.2) is 0 Å². The maximum atomic E-state index is 2.37. The number of aryl methyl sites for hydroxylation is 2. The minimum atomic E-state index is -0.486. The summed E-state index contributed by atoms with van der Waals surface area (Å²) in [7, 11) is -0.486. The van der Waals surface area contributed by atoms with Crippen molar-refractivity contribution >= 4 is 33.5 Å². The highest BCUT2D eigenvalue weighted by atomic mass is 127. The Hall–Kier alpha value is -1.26. The van der Waals surface area contributed by atoms with E-state index in [0.29, 0.717) is 0 Å². The van der Waals surface area contributed by atoms with E-state index in [-0.39, 0.29) is 0 Å². The first-order chi connectivity index (χ1) is 10.6. The fourth-order valence-corrected chi connectivity index (χ4v) is 5.02. The van der Waals surface area contributed by atoms with Crippen molar-refractivity contribution in [2.24, 2.45) is 0 Å². The Morgan fingerprint density at radius 1 is 0.545 bits per heavy atom. The molecule has 3 aromatic rings. The van der Waals surface area contributed by atoms with Crippen molar-refractivity contribution in [3.05, 3.63) is 87.5 Å². The molecule has 0 saturated heterocycles. The molecule has 22 heavy (non-hydrogen) atoms. The van der Waals surface area contributed by atoms with Gasteiger partial charge in [-0.2, -0.15) is 10.9 Å². The molecule has 0 aromatic heterocycles. The summed E-state index contributed by atoms with van der Waals surface area (Å²) in [5.74, 6) is 0. The highest BCUT2D eigenvalue weighted by Gasteiger charge is 2.12. The van der Waals surface area contributed by atoms with Crippen molar-refractivity contribution in [2.45, 2.75) is 28.5 Å². The lowest BCUT2D eigenvalue weighted by molar-refractivity contribution is 1.29. The van der Waals surface area contributed by atoms with E-state index in [1.165, 1.54) is 29.4 Å². The monoisotopic (exact) mass is 418 g/mol. The average molecular weight is 418 g/mol. The fraction of sp³-hybridized carbons (Fsp3) is 0.100. The van der Waals surface area contributed by atoms with Crippen molar-refractivity contribution in [1.29, 1.82) is 0 Å². The molecule has 0 aliphatic heterocycles. The molecule has 3 aromatic carbocycles. The van der Waals surface area contributed by atoms with Crippen LogP contribution in [0.3, 0.4) is 0 Å². The van der Waals surface area contributed by atoms with Gasteiger partial charge >= 0.3 is 0 Å². The van der Waals surface area contributed by atoms with Crippen LogP contribution >= 0.6 is 33.5 Å². The molecule has 0 aliphatic carbocycles. The Bertz CT molecular complexity index is 635. The summed E-state index contributed by atoms with van der Waals surface area (Å²) in [6.45, 7) is 4.28. The van der Waals surface area contributed by atoms with Gasteiger partial charge in [-0.3, -0.25) is 0 Å². The van der Waals surface area contributed by atoms with E-state index in [1.807, 2.05) is 0 Å². The van der Waals surface area contributed by atoms with Crippen molar-refractivity contribution < 1.29 is 0 Å². The number of benzene rings is 3. The molecule has 0 saturated carbocycles. The summed E-state index contributed by atoms with van der Waals surface area (Å²) in [5, 5.41) is 0. The van der Waals surface area contributed by atoms with Crippen LogP contribution in [-0.4, -0.2) is 0 Å². The Kier molecular flexibility index (Phi) is 4.89. The molecular weight excluding hydrogens is 399 g/mol. The van der Waals surface area contributed by atoms with Crippen molar-refractivity contribution in [3.8, 4) is 0 Å². The van der Waals surface area contributed by atoms with Crippen LogP contribution in [0, 0.1) is 17.4 Å². The van der Waals surface area contributed by atoms with Crippen LogP contribution in [0.4, 0.5) is 0 Å². The zero-order valence-electron chi connectivity index (χ0n) is 12.8. The summed E-state index contributed by atoms with van der Waals surface area (Å²) in [5.41, 5.74) is 2.62. The molecule has 0 fully saturated rings. The van der Waals surface area contributed by atoms with Gasteiger partial charge < -0.3 is 0 Å². The number of thiol groups is 1. The zero-order chi connectivity index (χ0) is 15.5. The van der Waals surface area contributed by atoms with Crippen LogP contribution in [0.5, 0.6) is 0 Å². The first kappa shape index (κ1) is 15.6. The maximum Gasteiger partial charge on any atom is 0.0131 e. The van der Waals surface area contributed by atoms with E-state index in [1.54, 1.807) is 0 Å². The van der Waals surface area contributed by atoms with Crippen LogP contribution in [0.25, 0.3) is 0 Å². The van der Waals surface area contributed by atoms with E-state index in [9.17, 15) is 0 Å². The van der Waals surface area contributed by atoms with Gasteiger partial charge in [-0.05, 0) is 99.7 Å². The Morgan fingerprint density at radius 2 is 0.864 bits per heavy atom. The molecule has 0 spiro atoms. The lowest BCUT2D eigenvalue weighted by atomic mass is 10.2. The van der Waals surface area contributed by atoms with Crippen LogP contribution in [0.2, 0.25) is 0 Å². The number of rotatable bonds is 3. The predicted octanol–water partition coefficient (Wildman–Crippen LogP) is 6.39. The largest absolute Gasteiger partial charge is 0.173 e. The molecule has 3 rings (SSSR count).